The van der Waals surface area contributed by atoms with Crippen molar-refractivity contribution < 1.29 is 4.79 Å². The average Bonchev–Trinajstić information content (AvgIpc) is 2.72. The zero-order valence-corrected chi connectivity index (χ0v) is 9.50. The lowest BCUT2D eigenvalue weighted by Gasteiger charge is -2.06. The van der Waals surface area contributed by atoms with Gasteiger partial charge in [0.25, 0.3) is 0 Å². The van der Waals surface area contributed by atoms with Gasteiger partial charge in [0.2, 0.25) is 0 Å². The van der Waals surface area contributed by atoms with Gasteiger partial charge in [0.1, 0.15) is 0 Å². The Hall–Kier alpha value is -2.30. The van der Waals surface area contributed by atoms with Crippen LogP contribution in [0.5, 0.6) is 0 Å². The van der Waals surface area contributed by atoms with Crippen molar-refractivity contribution in [3.63, 3.8) is 0 Å². The molecule has 0 spiro atoms. The zero-order valence-electron chi connectivity index (χ0n) is 9.50. The van der Waals surface area contributed by atoms with Crippen LogP contribution in [0, 0.1) is 0 Å². The van der Waals surface area contributed by atoms with Crippen LogP contribution in [0.15, 0.2) is 36.7 Å². The van der Waals surface area contributed by atoms with Crippen LogP contribution in [0.3, 0.4) is 0 Å². The van der Waals surface area contributed by atoms with Gasteiger partial charge in [0.15, 0.2) is 12.0 Å². The Kier molecular flexibility index (Phi) is 3.09. The number of nitrogens with zero attached hydrogens (tertiary/aromatic N) is 4. The predicted octanol–water partition coefficient (Wildman–Crippen LogP) is 1.73. The van der Waals surface area contributed by atoms with Crippen LogP contribution in [-0.4, -0.2) is 26.3 Å². The average molecular weight is 228 g/mol. The van der Waals surface area contributed by atoms with Crippen molar-refractivity contribution in [1.82, 2.24) is 20.0 Å². The van der Waals surface area contributed by atoms with Gasteiger partial charge >= 0.3 is 0 Å². The first-order valence-corrected chi connectivity index (χ1v) is 5.16. The van der Waals surface area contributed by atoms with Crippen molar-refractivity contribution in [2.45, 2.75) is 13.5 Å². The van der Waals surface area contributed by atoms with Gasteiger partial charge in [-0.25, -0.2) is 4.68 Å². The summed E-state index contributed by atoms with van der Waals surface area (Å²) in [7, 11) is 0. The summed E-state index contributed by atoms with van der Waals surface area (Å²) in [6.07, 6.45) is 4.04. The van der Waals surface area contributed by atoms with E-state index in [0.717, 1.165) is 11.1 Å². The predicted molar refractivity (Wildman–Crippen MR) is 63.5 cm³/mol. The molecule has 0 aliphatic rings. The molecule has 0 atom stereocenters. The van der Waals surface area contributed by atoms with Crippen molar-refractivity contribution in [3.05, 3.63) is 42.4 Å². The van der Waals surface area contributed by atoms with Gasteiger partial charge in [-0.05, 0) is 19.1 Å². The molecule has 0 aliphatic carbocycles. The normalized spacial score (nSPS) is 10.2. The van der Waals surface area contributed by atoms with E-state index in [0.29, 0.717) is 24.2 Å². The van der Waals surface area contributed by atoms with Crippen LogP contribution in [-0.2, 0) is 6.54 Å². The summed E-state index contributed by atoms with van der Waals surface area (Å²) < 4.78 is 1.67. The minimum atomic E-state index is 0.331. The SMILES string of the molecule is C=C(C)Cn1nnc(C=O)c1-c1ccncc1. The first-order valence-electron chi connectivity index (χ1n) is 5.16. The fourth-order valence-corrected chi connectivity index (χ4v) is 1.58. The van der Waals surface area contributed by atoms with Gasteiger partial charge in [-0.1, -0.05) is 17.4 Å². The monoisotopic (exact) mass is 228 g/mol. The van der Waals surface area contributed by atoms with Crippen LogP contribution in [0.25, 0.3) is 11.3 Å². The molecule has 0 fully saturated rings. The third kappa shape index (κ3) is 2.28. The molecule has 0 amide bonds. The first-order chi connectivity index (χ1) is 8.22. The highest BCUT2D eigenvalue weighted by molar-refractivity contribution is 5.83. The summed E-state index contributed by atoms with van der Waals surface area (Å²) in [6, 6.07) is 3.64. The van der Waals surface area contributed by atoms with E-state index in [-0.39, 0.29) is 0 Å². The highest BCUT2D eigenvalue weighted by Crippen LogP contribution is 2.20. The number of aldehydes is 1. The molecule has 0 aliphatic heterocycles. The zero-order chi connectivity index (χ0) is 12.3. The van der Waals surface area contributed by atoms with E-state index in [1.165, 1.54) is 0 Å². The molecule has 0 unspecified atom stereocenters. The van der Waals surface area contributed by atoms with Crippen LogP contribution in [0.1, 0.15) is 17.4 Å². The number of carbonyl (C=O) groups is 1. The molecular weight excluding hydrogens is 216 g/mol. The molecule has 0 bridgehead atoms. The Labute approximate surface area is 98.8 Å². The van der Waals surface area contributed by atoms with E-state index in [1.54, 1.807) is 17.1 Å². The van der Waals surface area contributed by atoms with Gasteiger partial charge < -0.3 is 0 Å². The van der Waals surface area contributed by atoms with Crippen molar-refractivity contribution in [2.75, 3.05) is 0 Å². The van der Waals surface area contributed by atoms with Crippen molar-refractivity contribution in [2.24, 2.45) is 0 Å². The smallest absolute Gasteiger partial charge is 0.172 e. The summed E-state index contributed by atoms with van der Waals surface area (Å²) in [6.45, 7) is 6.27. The molecule has 17 heavy (non-hydrogen) atoms. The molecule has 86 valence electrons. The highest BCUT2D eigenvalue weighted by Gasteiger charge is 2.13. The van der Waals surface area contributed by atoms with Crippen LogP contribution < -0.4 is 0 Å². The number of hydrogen-bond acceptors (Lipinski definition) is 4. The van der Waals surface area contributed by atoms with E-state index in [4.69, 9.17) is 0 Å². The fourth-order valence-electron chi connectivity index (χ4n) is 1.58. The minimum Gasteiger partial charge on any atom is -0.296 e. The van der Waals surface area contributed by atoms with E-state index in [2.05, 4.69) is 21.9 Å². The van der Waals surface area contributed by atoms with Crippen LogP contribution >= 0.6 is 0 Å². The summed E-state index contributed by atoms with van der Waals surface area (Å²) in [4.78, 5) is 14.9. The molecule has 2 rings (SSSR count). The van der Waals surface area contributed by atoms with Crippen molar-refractivity contribution in [3.8, 4) is 11.3 Å². The van der Waals surface area contributed by atoms with Crippen LogP contribution in [0.4, 0.5) is 0 Å². The number of rotatable bonds is 4. The van der Waals surface area contributed by atoms with Gasteiger partial charge in [-0.15, -0.1) is 5.10 Å². The van der Waals surface area contributed by atoms with E-state index in [9.17, 15) is 4.79 Å². The van der Waals surface area contributed by atoms with Gasteiger partial charge in [-0.2, -0.15) is 0 Å². The second-order valence-corrected chi connectivity index (χ2v) is 3.79. The maximum atomic E-state index is 10.9. The second kappa shape index (κ2) is 4.69. The number of aromatic nitrogens is 4. The molecule has 5 heteroatoms. The molecule has 0 saturated heterocycles. The number of carbonyl (C=O) groups excluding carboxylic acids is 1. The van der Waals surface area contributed by atoms with Crippen molar-refractivity contribution >= 4 is 6.29 Å². The lowest BCUT2D eigenvalue weighted by molar-refractivity contribution is 0.111. The Morgan fingerprint density at radius 3 is 2.76 bits per heavy atom. The third-order valence-corrected chi connectivity index (χ3v) is 2.25. The molecule has 0 N–H and O–H groups in total. The number of pyridine rings is 1. The number of hydrogen-bond donors (Lipinski definition) is 0. The van der Waals surface area contributed by atoms with Gasteiger partial charge in [0, 0.05) is 18.0 Å². The molecule has 2 aromatic rings. The highest BCUT2D eigenvalue weighted by atomic mass is 16.1. The maximum absolute atomic E-state index is 10.9. The Morgan fingerprint density at radius 2 is 2.18 bits per heavy atom. The Bertz CT molecular complexity index is 545. The second-order valence-electron chi connectivity index (χ2n) is 3.79. The molecule has 0 saturated carbocycles. The summed E-state index contributed by atoms with van der Waals surface area (Å²) in [5.74, 6) is 0. The first kappa shape index (κ1) is 11.2. The van der Waals surface area contributed by atoms with Gasteiger partial charge in [0.05, 0.1) is 12.2 Å². The summed E-state index contributed by atoms with van der Waals surface area (Å²) in [5.41, 5.74) is 2.85. The Balaban J connectivity index is 2.53. The standard InChI is InChI=1S/C12H12N4O/c1-9(2)7-16-12(11(8-17)14-15-16)10-3-5-13-6-4-10/h3-6,8H,1,7H2,2H3. The molecule has 0 aromatic carbocycles. The third-order valence-electron chi connectivity index (χ3n) is 2.25. The molecule has 2 heterocycles. The molecule has 0 radical (unpaired) electrons. The lowest BCUT2D eigenvalue weighted by Crippen LogP contribution is -2.03. The number of allylic oxidation sites excluding steroid dienone is 1. The van der Waals surface area contributed by atoms with E-state index >= 15 is 0 Å². The molecular formula is C12H12N4O. The summed E-state index contributed by atoms with van der Waals surface area (Å²) in [5, 5.41) is 7.81. The largest absolute Gasteiger partial charge is 0.296 e. The van der Waals surface area contributed by atoms with Crippen LogP contribution in [0.2, 0.25) is 0 Å². The van der Waals surface area contributed by atoms with E-state index < -0.39 is 0 Å². The topological polar surface area (TPSA) is 60.7 Å². The maximum Gasteiger partial charge on any atom is 0.172 e. The fraction of sp³-hybridized carbons (Fsp3) is 0.167. The summed E-state index contributed by atoms with van der Waals surface area (Å²) >= 11 is 0. The van der Waals surface area contributed by atoms with Gasteiger partial charge in [-0.3, -0.25) is 9.78 Å². The van der Waals surface area contributed by atoms with Crippen molar-refractivity contribution in [1.29, 1.82) is 0 Å². The quantitative estimate of drug-likeness (QED) is 0.590. The lowest BCUT2D eigenvalue weighted by atomic mass is 10.1. The van der Waals surface area contributed by atoms with E-state index in [1.807, 2.05) is 19.1 Å². The Morgan fingerprint density at radius 1 is 1.47 bits per heavy atom. The minimum absolute atomic E-state index is 0.331. The molecule has 5 nitrogen and oxygen atoms in total. The molecule has 2 aromatic heterocycles.